The maximum Gasteiger partial charge on any atom is 0.224 e. The highest BCUT2D eigenvalue weighted by Crippen LogP contribution is 2.29. The van der Waals surface area contributed by atoms with Crippen molar-refractivity contribution in [1.82, 2.24) is 5.32 Å². The molecule has 2 aliphatic heterocycles. The Morgan fingerprint density at radius 1 is 0.600 bits per heavy atom. The third-order valence-electron chi connectivity index (χ3n) is 9.74. The minimum atomic E-state index is -1.80. The van der Waals surface area contributed by atoms with Crippen molar-refractivity contribution in [3.8, 4) is 0 Å². The van der Waals surface area contributed by atoms with Gasteiger partial charge in [0.1, 0.15) is 48.8 Å². The number of nitrogens with one attached hydrogen (secondary N) is 1. The molecule has 0 aromatic carbocycles. The number of hydrogen-bond donors (Lipinski definition) is 9. The van der Waals surface area contributed by atoms with Crippen LogP contribution in [0.1, 0.15) is 90.9 Å². The van der Waals surface area contributed by atoms with Gasteiger partial charge < -0.3 is 65.1 Å². The molecule has 2 rings (SSSR count). The molecule has 2 heterocycles. The molecular formula is C46H73NO13. The van der Waals surface area contributed by atoms with E-state index in [2.05, 4.69) is 86.0 Å². The second-order valence-electron chi connectivity index (χ2n) is 14.7. The quantitative estimate of drug-likeness (QED) is 0.0388. The molecule has 0 saturated carbocycles. The predicted octanol–water partition coefficient (Wildman–Crippen LogP) is 3.64. The van der Waals surface area contributed by atoms with Crippen LogP contribution in [0.5, 0.6) is 0 Å². The summed E-state index contributed by atoms with van der Waals surface area (Å²) in [5, 5.41) is 86.1. The zero-order chi connectivity index (χ0) is 44.0. The zero-order valence-electron chi connectivity index (χ0n) is 35.4. The lowest BCUT2D eigenvalue weighted by atomic mass is 9.97. The summed E-state index contributed by atoms with van der Waals surface area (Å²) in [7, 11) is 0. The van der Waals surface area contributed by atoms with Gasteiger partial charge >= 0.3 is 0 Å². The Bertz CT molecular complexity index is 1370. The number of carbonyl (C=O) groups excluding carboxylic acids is 1. The lowest BCUT2D eigenvalue weighted by Crippen LogP contribution is -2.65. The summed E-state index contributed by atoms with van der Waals surface area (Å²) in [6, 6.07) is -0.995. The van der Waals surface area contributed by atoms with Crippen LogP contribution < -0.4 is 5.32 Å². The first-order valence-corrected chi connectivity index (χ1v) is 21.5. The summed E-state index contributed by atoms with van der Waals surface area (Å²) in [5.41, 5.74) is 0. The smallest absolute Gasteiger partial charge is 0.224 e. The highest BCUT2D eigenvalue weighted by molar-refractivity contribution is 5.77. The van der Waals surface area contributed by atoms with E-state index in [4.69, 9.17) is 18.9 Å². The van der Waals surface area contributed by atoms with E-state index in [1.54, 1.807) is 18.2 Å². The third kappa shape index (κ3) is 20.6. The number of aliphatic hydroxyl groups excluding tert-OH is 8. The molecular weight excluding hydrogens is 774 g/mol. The van der Waals surface area contributed by atoms with Crippen LogP contribution in [0.25, 0.3) is 0 Å². The van der Waals surface area contributed by atoms with Gasteiger partial charge in [0.15, 0.2) is 12.6 Å². The summed E-state index contributed by atoms with van der Waals surface area (Å²) < 4.78 is 22.5. The number of unbranched alkanes of at least 4 members (excludes halogenated alkanes) is 3. The van der Waals surface area contributed by atoms with Gasteiger partial charge in [0.05, 0.1) is 32.0 Å². The highest BCUT2D eigenvalue weighted by Gasteiger charge is 2.50. The van der Waals surface area contributed by atoms with Gasteiger partial charge in [0, 0.05) is 6.42 Å². The van der Waals surface area contributed by atoms with E-state index in [1.165, 1.54) is 0 Å². The van der Waals surface area contributed by atoms with Gasteiger partial charge in [0.25, 0.3) is 0 Å². The largest absolute Gasteiger partial charge is 0.394 e. The number of hydrogen-bond acceptors (Lipinski definition) is 13. The van der Waals surface area contributed by atoms with Crippen molar-refractivity contribution in [2.45, 2.75) is 164 Å². The molecule has 14 nitrogen and oxygen atoms in total. The van der Waals surface area contributed by atoms with Crippen LogP contribution in [0.4, 0.5) is 0 Å². The van der Waals surface area contributed by atoms with Crippen molar-refractivity contribution >= 4 is 5.91 Å². The average molecular weight is 848 g/mol. The molecule has 0 aromatic heterocycles. The molecule has 1 amide bonds. The molecule has 12 atom stereocenters. The first-order valence-electron chi connectivity index (χ1n) is 21.5. The standard InChI is InChI=1S/C46H73NO13/c1-3-5-7-9-11-13-15-16-17-18-20-22-24-26-28-30-38(51)47-34(35(50)29-27-25-23-21-19-14-12-10-8-6-4-2)33-57-45-43(56)41(54)44(37(32-49)59-45)60-46-42(55)40(53)39(52)36(31-48)58-46/h5,7-8,10-11,13,16-17,19-22,26-29,34-37,39-46,48-50,52-56H,3-4,6,9,12,14-15,18,23-25,30-33H2,1-2H3,(H,47,51)/b7-5-,10-8+,13-11-,17-16-,21-19+,22-20-,28-26-,29-27+. The average Bonchev–Trinajstić information content (AvgIpc) is 3.24. The van der Waals surface area contributed by atoms with E-state index in [-0.39, 0.29) is 18.9 Å². The van der Waals surface area contributed by atoms with Crippen molar-refractivity contribution in [3.63, 3.8) is 0 Å². The van der Waals surface area contributed by atoms with Crippen LogP contribution in [0.3, 0.4) is 0 Å². The highest BCUT2D eigenvalue weighted by atomic mass is 16.7. The SMILES string of the molecule is CC/C=C\C/C=C\C/C=C\C/C=C\C/C=C\CC(=O)NC(COC1OC(CO)C(OC2OC(CO)C(O)C(O)C2O)C(O)C1O)C(O)/C=C/CC/C=C/CC/C=C/CCC. The maximum atomic E-state index is 13.0. The van der Waals surface area contributed by atoms with Gasteiger partial charge in [-0.05, 0) is 64.2 Å². The van der Waals surface area contributed by atoms with Crippen LogP contribution in [0.2, 0.25) is 0 Å². The summed E-state index contributed by atoms with van der Waals surface area (Å²) in [6.07, 6.45) is 25.0. The molecule has 340 valence electrons. The van der Waals surface area contributed by atoms with E-state index in [9.17, 15) is 45.6 Å². The number of aliphatic hydroxyl groups is 8. The van der Waals surface area contributed by atoms with Crippen LogP contribution in [0.15, 0.2) is 97.2 Å². The summed E-state index contributed by atoms with van der Waals surface area (Å²) in [4.78, 5) is 13.0. The minimum Gasteiger partial charge on any atom is -0.394 e. The molecule has 12 unspecified atom stereocenters. The van der Waals surface area contributed by atoms with Crippen molar-refractivity contribution in [3.05, 3.63) is 97.2 Å². The Balaban J connectivity index is 1.99. The normalized spacial score (nSPS) is 29.2. The Kier molecular flexibility index (Phi) is 28.8. The molecule has 0 spiro atoms. The van der Waals surface area contributed by atoms with E-state index >= 15 is 0 Å². The van der Waals surface area contributed by atoms with Gasteiger partial charge in [-0.3, -0.25) is 4.79 Å². The fourth-order valence-corrected chi connectivity index (χ4v) is 6.22. The predicted molar refractivity (Wildman–Crippen MR) is 230 cm³/mol. The molecule has 0 bridgehead atoms. The van der Waals surface area contributed by atoms with Crippen molar-refractivity contribution in [2.24, 2.45) is 0 Å². The maximum absolute atomic E-state index is 13.0. The molecule has 2 aliphatic rings. The van der Waals surface area contributed by atoms with Gasteiger partial charge in [-0.1, -0.05) is 117 Å². The zero-order valence-corrected chi connectivity index (χ0v) is 35.4. The minimum absolute atomic E-state index is 0.0315. The molecule has 2 fully saturated rings. The van der Waals surface area contributed by atoms with Crippen molar-refractivity contribution in [1.29, 1.82) is 0 Å². The Morgan fingerprint density at radius 2 is 1.10 bits per heavy atom. The Labute approximate surface area is 356 Å². The molecule has 9 N–H and O–H groups in total. The number of allylic oxidation sites excluding steroid dienone is 14. The third-order valence-corrected chi connectivity index (χ3v) is 9.74. The second-order valence-corrected chi connectivity index (χ2v) is 14.7. The van der Waals surface area contributed by atoms with E-state index < -0.39 is 86.8 Å². The van der Waals surface area contributed by atoms with Crippen LogP contribution in [-0.4, -0.2) is 140 Å². The van der Waals surface area contributed by atoms with Gasteiger partial charge in [-0.25, -0.2) is 0 Å². The number of carbonyl (C=O) groups is 1. The van der Waals surface area contributed by atoms with Gasteiger partial charge in [0.2, 0.25) is 5.91 Å². The fraction of sp³-hybridized carbons (Fsp3) is 0.630. The number of rotatable bonds is 29. The lowest BCUT2D eigenvalue weighted by Gasteiger charge is -2.46. The van der Waals surface area contributed by atoms with E-state index in [0.29, 0.717) is 12.8 Å². The summed E-state index contributed by atoms with van der Waals surface area (Å²) >= 11 is 0. The second kappa shape index (κ2) is 32.6. The lowest BCUT2D eigenvalue weighted by molar-refractivity contribution is -0.359. The molecule has 2 saturated heterocycles. The Morgan fingerprint density at radius 3 is 1.65 bits per heavy atom. The molecule has 60 heavy (non-hydrogen) atoms. The van der Waals surface area contributed by atoms with Crippen LogP contribution in [0, 0.1) is 0 Å². The van der Waals surface area contributed by atoms with Crippen LogP contribution in [-0.2, 0) is 23.7 Å². The molecule has 14 heteroatoms. The number of amides is 1. The summed E-state index contributed by atoms with van der Waals surface area (Å²) in [6.45, 7) is 2.44. The van der Waals surface area contributed by atoms with E-state index in [1.807, 2.05) is 12.2 Å². The Hall–Kier alpha value is -3.09. The molecule has 0 aliphatic carbocycles. The van der Waals surface area contributed by atoms with Crippen molar-refractivity contribution < 1.29 is 64.6 Å². The monoisotopic (exact) mass is 848 g/mol. The van der Waals surface area contributed by atoms with Gasteiger partial charge in [-0.15, -0.1) is 0 Å². The summed E-state index contributed by atoms with van der Waals surface area (Å²) in [5.74, 6) is -0.389. The topological polar surface area (TPSA) is 228 Å². The molecule has 0 aromatic rings. The fourth-order valence-electron chi connectivity index (χ4n) is 6.22. The number of ether oxygens (including phenoxy) is 4. The van der Waals surface area contributed by atoms with E-state index in [0.717, 1.165) is 57.8 Å². The molecule has 0 radical (unpaired) electrons. The first-order chi connectivity index (χ1) is 29.1. The van der Waals surface area contributed by atoms with Crippen molar-refractivity contribution in [2.75, 3.05) is 19.8 Å². The van der Waals surface area contributed by atoms with Gasteiger partial charge in [-0.2, -0.15) is 0 Å². The van der Waals surface area contributed by atoms with Crippen LogP contribution >= 0.6 is 0 Å². The first kappa shape index (κ1) is 53.0.